The summed E-state index contributed by atoms with van der Waals surface area (Å²) in [5.74, 6) is -1.32. The van der Waals surface area contributed by atoms with Gasteiger partial charge < -0.3 is 10.6 Å². The topological polar surface area (TPSA) is 84.0 Å². The number of urea groups is 1. The fraction of sp³-hybridized carbons (Fsp3) is 0.0435. The van der Waals surface area contributed by atoms with E-state index in [9.17, 15) is 27.2 Å². The number of ketones is 1. The van der Waals surface area contributed by atoms with Crippen molar-refractivity contribution in [3.05, 3.63) is 94.5 Å². The molecule has 1 heterocycles. The molecule has 6 nitrogen and oxygen atoms in total. The molecule has 34 heavy (non-hydrogen) atoms. The highest BCUT2D eigenvalue weighted by atomic mass is 35.5. The standard InChI is InChI=1S/C23H13ClF4N4O2/c24-18-3-2-15(11-17(18)23(26,27)28)31-22(34)32-16-8-13(7-14(25)10-16)21(33)12-1-4-19-20(9-12)30-6-5-29-19/h1-11H,(H2,31,32,34). The Morgan fingerprint density at radius 2 is 1.50 bits per heavy atom. The number of amides is 2. The van der Waals surface area contributed by atoms with E-state index in [2.05, 4.69) is 20.6 Å². The highest BCUT2D eigenvalue weighted by molar-refractivity contribution is 6.31. The number of rotatable bonds is 4. The molecule has 11 heteroatoms. The van der Waals surface area contributed by atoms with Gasteiger partial charge in [0.05, 0.1) is 21.6 Å². The SMILES string of the molecule is O=C(Nc1cc(F)cc(C(=O)c2ccc3nccnc3c2)c1)Nc1ccc(Cl)c(C(F)(F)F)c1. The summed E-state index contributed by atoms with van der Waals surface area (Å²) < 4.78 is 53.2. The summed E-state index contributed by atoms with van der Waals surface area (Å²) in [6.07, 6.45) is -1.73. The Bertz CT molecular complexity index is 1430. The van der Waals surface area contributed by atoms with Crippen molar-refractivity contribution in [3.63, 3.8) is 0 Å². The number of carbonyl (C=O) groups excluding carboxylic acids is 2. The maximum Gasteiger partial charge on any atom is 0.417 e. The predicted octanol–water partition coefficient (Wildman–Crippen LogP) is 6.32. The van der Waals surface area contributed by atoms with Gasteiger partial charge in [0.15, 0.2) is 5.78 Å². The minimum atomic E-state index is -4.71. The lowest BCUT2D eigenvalue weighted by Gasteiger charge is -2.13. The summed E-state index contributed by atoms with van der Waals surface area (Å²) in [6.45, 7) is 0. The van der Waals surface area contributed by atoms with Crippen LogP contribution < -0.4 is 10.6 Å². The molecule has 0 atom stereocenters. The smallest absolute Gasteiger partial charge is 0.308 e. The number of benzene rings is 3. The largest absolute Gasteiger partial charge is 0.417 e. The summed E-state index contributed by atoms with van der Waals surface area (Å²) >= 11 is 5.57. The first-order valence-corrected chi connectivity index (χ1v) is 9.99. The lowest BCUT2D eigenvalue weighted by Crippen LogP contribution is -2.20. The van der Waals surface area contributed by atoms with E-state index in [-0.39, 0.29) is 22.5 Å². The van der Waals surface area contributed by atoms with Gasteiger partial charge in [0.2, 0.25) is 0 Å². The van der Waals surface area contributed by atoms with Crippen molar-refractivity contribution in [2.45, 2.75) is 6.18 Å². The zero-order valence-corrected chi connectivity index (χ0v) is 17.7. The van der Waals surface area contributed by atoms with Crippen molar-refractivity contribution in [2.75, 3.05) is 10.6 Å². The van der Waals surface area contributed by atoms with Crippen molar-refractivity contribution < 1.29 is 27.2 Å². The molecule has 3 aromatic carbocycles. The van der Waals surface area contributed by atoms with Gasteiger partial charge in [-0.2, -0.15) is 13.2 Å². The van der Waals surface area contributed by atoms with Gasteiger partial charge in [-0.15, -0.1) is 0 Å². The molecule has 1 aromatic heterocycles. The first kappa shape index (κ1) is 23.1. The lowest BCUT2D eigenvalue weighted by molar-refractivity contribution is -0.137. The zero-order valence-electron chi connectivity index (χ0n) is 17.0. The van der Waals surface area contributed by atoms with E-state index < -0.39 is 34.4 Å². The van der Waals surface area contributed by atoms with Gasteiger partial charge in [0.1, 0.15) is 5.82 Å². The predicted molar refractivity (Wildman–Crippen MR) is 118 cm³/mol. The van der Waals surface area contributed by atoms with Crippen LogP contribution >= 0.6 is 11.6 Å². The van der Waals surface area contributed by atoms with Crippen LogP contribution in [-0.2, 0) is 6.18 Å². The molecule has 172 valence electrons. The number of anilines is 2. The summed E-state index contributed by atoms with van der Waals surface area (Å²) in [4.78, 5) is 33.4. The van der Waals surface area contributed by atoms with Gasteiger partial charge >= 0.3 is 12.2 Å². The summed E-state index contributed by atoms with van der Waals surface area (Å²) in [6, 6.07) is 9.74. The molecule has 0 bridgehead atoms. The number of fused-ring (bicyclic) bond motifs is 1. The fourth-order valence-electron chi connectivity index (χ4n) is 3.18. The Labute approximate surface area is 194 Å². The number of halogens is 5. The van der Waals surface area contributed by atoms with Crippen molar-refractivity contribution in [1.29, 1.82) is 0 Å². The molecular weight excluding hydrogens is 476 g/mol. The Kier molecular flexibility index (Phi) is 6.16. The number of nitrogens with zero attached hydrogens (tertiary/aromatic N) is 2. The number of carbonyl (C=O) groups is 2. The van der Waals surface area contributed by atoms with E-state index in [1.165, 1.54) is 36.7 Å². The Morgan fingerprint density at radius 1 is 0.794 bits per heavy atom. The average Bonchev–Trinajstić information content (AvgIpc) is 2.78. The van der Waals surface area contributed by atoms with Crippen molar-refractivity contribution >= 4 is 45.8 Å². The zero-order chi connectivity index (χ0) is 24.5. The number of hydrogen-bond donors (Lipinski definition) is 2. The van der Waals surface area contributed by atoms with E-state index in [4.69, 9.17) is 11.6 Å². The number of hydrogen-bond acceptors (Lipinski definition) is 4. The highest BCUT2D eigenvalue weighted by Gasteiger charge is 2.33. The van der Waals surface area contributed by atoms with Crippen molar-refractivity contribution in [1.82, 2.24) is 9.97 Å². The Hall–Kier alpha value is -4.05. The number of alkyl halides is 3. The van der Waals surface area contributed by atoms with Crippen LogP contribution in [0.4, 0.5) is 33.7 Å². The molecule has 0 radical (unpaired) electrons. The molecule has 2 N–H and O–H groups in total. The third kappa shape index (κ3) is 5.12. The molecule has 0 saturated carbocycles. The minimum absolute atomic E-state index is 0.0515. The molecule has 0 fully saturated rings. The van der Waals surface area contributed by atoms with Gasteiger partial charge in [0.25, 0.3) is 0 Å². The maximum atomic E-state index is 14.2. The quantitative estimate of drug-likeness (QED) is 0.260. The first-order chi connectivity index (χ1) is 16.1. The van der Waals surface area contributed by atoms with Gasteiger partial charge in [-0.05, 0) is 54.6 Å². The molecule has 0 spiro atoms. The van der Waals surface area contributed by atoms with Gasteiger partial charge in [-0.25, -0.2) is 9.18 Å². The second kappa shape index (κ2) is 9.06. The second-order valence-electron chi connectivity index (χ2n) is 7.09. The normalized spacial score (nSPS) is 11.3. The summed E-state index contributed by atoms with van der Waals surface area (Å²) in [7, 11) is 0. The molecule has 4 aromatic rings. The molecule has 4 rings (SSSR count). The maximum absolute atomic E-state index is 14.2. The van der Waals surface area contributed by atoms with Crippen LogP contribution in [0.25, 0.3) is 11.0 Å². The van der Waals surface area contributed by atoms with E-state index in [1.54, 1.807) is 6.07 Å². The van der Waals surface area contributed by atoms with Gasteiger partial charge in [-0.1, -0.05) is 11.6 Å². The summed E-state index contributed by atoms with van der Waals surface area (Å²) in [5.41, 5.74) is -0.146. The van der Waals surface area contributed by atoms with Crippen LogP contribution in [0.5, 0.6) is 0 Å². The third-order valence-electron chi connectivity index (χ3n) is 4.68. The molecule has 0 aliphatic heterocycles. The third-order valence-corrected chi connectivity index (χ3v) is 5.01. The van der Waals surface area contributed by atoms with Gasteiger partial charge in [0, 0.05) is 34.9 Å². The van der Waals surface area contributed by atoms with E-state index in [0.29, 0.717) is 17.1 Å². The Balaban J connectivity index is 1.54. The lowest BCUT2D eigenvalue weighted by atomic mass is 10.0. The number of aromatic nitrogens is 2. The molecular formula is C23H13ClF4N4O2. The Morgan fingerprint density at radius 3 is 2.24 bits per heavy atom. The van der Waals surface area contributed by atoms with Crippen LogP contribution in [0.15, 0.2) is 67.0 Å². The minimum Gasteiger partial charge on any atom is -0.308 e. The first-order valence-electron chi connectivity index (χ1n) is 9.61. The van der Waals surface area contributed by atoms with Crippen LogP contribution in [0, 0.1) is 5.82 Å². The molecule has 0 saturated heterocycles. The average molecular weight is 489 g/mol. The fourth-order valence-corrected chi connectivity index (χ4v) is 3.40. The second-order valence-corrected chi connectivity index (χ2v) is 7.50. The van der Waals surface area contributed by atoms with Crippen molar-refractivity contribution in [3.8, 4) is 0 Å². The van der Waals surface area contributed by atoms with Gasteiger partial charge in [-0.3, -0.25) is 14.8 Å². The van der Waals surface area contributed by atoms with Crippen LogP contribution in [0.2, 0.25) is 5.02 Å². The van der Waals surface area contributed by atoms with E-state index >= 15 is 0 Å². The van der Waals surface area contributed by atoms with Crippen LogP contribution in [-0.4, -0.2) is 21.8 Å². The highest BCUT2D eigenvalue weighted by Crippen LogP contribution is 2.36. The van der Waals surface area contributed by atoms with E-state index in [0.717, 1.165) is 18.2 Å². The molecule has 0 unspecified atom stereocenters. The van der Waals surface area contributed by atoms with Crippen LogP contribution in [0.3, 0.4) is 0 Å². The molecule has 0 aliphatic carbocycles. The monoisotopic (exact) mass is 488 g/mol. The summed E-state index contributed by atoms with van der Waals surface area (Å²) in [5, 5.41) is 4.00. The van der Waals surface area contributed by atoms with Crippen LogP contribution in [0.1, 0.15) is 21.5 Å². The molecule has 2 amide bonds. The van der Waals surface area contributed by atoms with Crippen molar-refractivity contribution in [2.24, 2.45) is 0 Å². The van der Waals surface area contributed by atoms with E-state index in [1.807, 2.05) is 0 Å². The molecule has 0 aliphatic rings. The number of nitrogens with one attached hydrogen (secondary N) is 2.